The first kappa shape index (κ1) is 29.1. The van der Waals surface area contributed by atoms with E-state index in [-0.39, 0.29) is 24.1 Å². The standard InChI is InChI=1S/C28H28Cl4N2O3/c1-2-3-13-33-28(36)25(14-19-7-5-4-6-8-19)34(17-20-9-10-21(29)15-23(20)31)27(35)18-37-26-12-11-22(30)16-24(26)32/h4-12,15-16,25H,2-3,13-14,17-18H2,1H3,(H,33,36)/t25-/m0/s1. The number of amides is 2. The molecule has 0 spiro atoms. The van der Waals surface area contributed by atoms with E-state index in [1.165, 1.54) is 11.0 Å². The third-order valence-corrected chi connectivity index (χ3v) is 6.82. The van der Waals surface area contributed by atoms with Crippen LogP contribution < -0.4 is 10.1 Å². The molecule has 3 aromatic carbocycles. The number of rotatable bonds is 12. The van der Waals surface area contributed by atoms with Gasteiger partial charge in [0.2, 0.25) is 5.91 Å². The first-order valence-electron chi connectivity index (χ1n) is 11.9. The van der Waals surface area contributed by atoms with Gasteiger partial charge in [-0.15, -0.1) is 0 Å². The van der Waals surface area contributed by atoms with Crippen molar-refractivity contribution >= 4 is 58.2 Å². The molecule has 0 unspecified atom stereocenters. The van der Waals surface area contributed by atoms with Crippen molar-refractivity contribution in [2.24, 2.45) is 0 Å². The third-order valence-electron chi connectivity index (χ3n) is 5.70. The molecule has 0 saturated carbocycles. The van der Waals surface area contributed by atoms with Gasteiger partial charge in [0.15, 0.2) is 6.61 Å². The molecule has 3 rings (SSSR count). The maximum Gasteiger partial charge on any atom is 0.261 e. The summed E-state index contributed by atoms with van der Waals surface area (Å²) in [7, 11) is 0. The number of carbonyl (C=O) groups excluding carboxylic acids is 2. The molecule has 0 heterocycles. The summed E-state index contributed by atoms with van der Waals surface area (Å²) in [5, 5.41) is 4.59. The summed E-state index contributed by atoms with van der Waals surface area (Å²) in [6.45, 7) is 2.32. The highest BCUT2D eigenvalue weighted by Crippen LogP contribution is 2.28. The average Bonchev–Trinajstić information content (AvgIpc) is 2.87. The Kier molecular flexibility index (Phi) is 11.4. The monoisotopic (exact) mass is 580 g/mol. The lowest BCUT2D eigenvalue weighted by Gasteiger charge is -2.32. The Balaban J connectivity index is 1.92. The number of halogens is 4. The Bertz CT molecular complexity index is 1210. The highest BCUT2D eigenvalue weighted by atomic mass is 35.5. The smallest absolute Gasteiger partial charge is 0.261 e. The number of unbranched alkanes of at least 4 members (excludes halogenated alkanes) is 1. The summed E-state index contributed by atoms with van der Waals surface area (Å²) in [5.74, 6) is -0.334. The highest BCUT2D eigenvalue weighted by molar-refractivity contribution is 6.35. The van der Waals surface area contributed by atoms with Crippen molar-refractivity contribution in [2.45, 2.75) is 38.8 Å². The molecule has 0 aliphatic rings. The molecule has 9 heteroatoms. The van der Waals surface area contributed by atoms with Gasteiger partial charge < -0.3 is 15.0 Å². The van der Waals surface area contributed by atoms with Crippen LogP contribution in [0.1, 0.15) is 30.9 Å². The van der Waals surface area contributed by atoms with E-state index in [2.05, 4.69) is 5.32 Å². The van der Waals surface area contributed by atoms with E-state index in [4.69, 9.17) is 51.1 Å². The SMILES string of the molecule is CCCCNC(=O)[C@H](Cc1ccccc1)N(Cc1ccc(Cl)cc1Cl)C(=O)COc1ccc(Cl)cc1Cl. The van der Waals surface area contributed by atoms with Crippen molar-refractivity contribution < 1.29 is 14.3 Å². The summed E-state index contributed by atoms with van der Waals surface area (Å²) < 4.78 is 5.73. The van der Waals surface area contributed by atoms with Crippen LogP contribution in [-0.4, -0.2) is 35.9 Å². The van der Waals surface area contributed by atoms with Gasteiger partial charge in [-0.3, -0.25) is 9.59 Å². The Morgan fingerprint density at radius 2 is 1.59 bits per heavy atom. The summed E-state index contributed by atoms with van der Waals surface area (Å²) >= 11 is 24.7. The Morgan fingerprint density at radius 3 is 2.24 bits per heavy atom. The number of carbonyl (C=O) groups is 2. The second-order valence-electron chi connectivity index (χ2n) is 8.47. The first-order valence-corrected chi connectivity index (χ1v) is 13.4. The Hall–Kier alpha value is -2.44. The Morgan fingerprint density at radius 1 is 0.919 bits per heavy atom. The van der Waals surface area contributed by atoms with Gasteiger partial charge in [0.25, 0.3) is 5.91 Å². The topological polar surface area (TPSA) is 58.6 Å². The van der Waals surface area contributed by atoms with E-state index >= 15 is 0 Å². The van der Waals surface area contributed by atoms with E-state index in [1.807, 2.05) is 37.3 Å². The van der Waals surface area contributed by atoms with E-state index in [1.54, 1.807) is 30.3 Å². The van der Waals surface area contributed by atoms with Crippen LogP contribution in [0.2, 0.25) is 20.1 Å². The fourth-order valence-corrected chi connectivity index (χ4v) is 4.64. The second-order valence-corrected chi connectivity index (χ2v) is 10.2. The van der Waals surface area contributed by atoms with Crippen LogP contribution in [0, 0.1) is 0 Å². The lowest BCUT2D eigenvalue weighted by molar-refractivity contribution is -0.142. The van der Waals surface area contributed by atoms with Crippen molar-refractivity contribution in [2.75, 3.05) is 13.2 Å². The second kappa shape index (κ2) is 14.5. The van der Waals surface area contributed by atoms with Crippen LogP contribution in [0.3, 0.4) is 0 Å². The zero-order valence-corrected chi connectivity index (χ0v) is 23.4. The molecular formula is C28H28Cl4N2O3. The number of hydrogen-bond donors (Lipinski definition) is 1. The van der Waals surface area contributed by atoms with Gasteiger partial charge >= 0.3 is 0 Å². The predicted molar refractivity (Wildman–Crippen MR) is 151 cm³/mol. The van der Waals surface area contributed by atoms with E-state index in [9.17, 15) is 9.59 Å². The molecule has 0 radical (unpaired) electrons. The van der Waals surface area contributed by atoms with Crippen molar-refractivity contribution in [1.82, 2.24) is 10.2 Å². The molecule has 0 fully saturated rings. The molecule has 37 heavy (non-hydrogen) atoms. The summed E-state index contributed by atoms with van der Waals surface area (Å²) in [4.78, 5) is 28.5. The van der Waals surface area contributed by atoms with Crippen molar-refractivity contribution in [3.05, 3.63) is 97.9 Å². The molecule has 196 valence electrons. The van der Waals surface area contributed by atoms with Gasteiger partial charge in [-0.1, -0.05) is 96.1 Å². The maximum atomic E-state index is 13.6. The van der Waals surface area contributed by atoms with Crippen LogP contribution in [0.4, 0.5) is 0 Å². The molecule has 0 aliphatic carbocycles. The molecule has 0 aliphatic heterocycles. The first-order chi connectivity index (χ1) is 17.8. The number of ether oxygens (including phenoxy) is 1. The average molecular weight is 582 g/mol. The van der Waals surface area contributed by atoms with Crippen LogP contribution in [-0.2, 0) is 22.6 Å². The minimum atomic E-state index is -0.803. The van der Waals surface area contributed by atoms with E-state index in [0.717, 1.165) is 18.4 Å². The zero-order chi connectivity index (χ0) is 26.8. The lowest BCUT2D eigenvalue weighted by atomic mass is 10.0. The molecule has 1 N–H and O–H groups in total. The summed E-state index contributed by atoms with van der Waals surface area (Å²) in [6.07, 6.45) is 2.08. The van der Waals surface area contributed by atoms with Gasteiger partial charge in [-0.25, -0.2) is 0 Å². The molecule has 1 atom stereocenters. The van der Waals surface area contributed by atoms with Gasteiger partial charge in [0.05, 0.1) is 5.02 Å². The van der Waals surface area contributed by atoms with Gasteiger partial charge in [-0.2, -0.15) is 0 Å². The molecule has 3 aromatic rings. The van der Waals surface area contributed by atoms with Crippen molar-refractivity contribution in [3.8, 4) is 5.75 Å². The molecule has 0 saturated heterocycles. The van der Waals surface area contributed by atoms with Crippen LogP contribution in [0.15, 0.2) is 66.7 Å². The van der Waals surface area contributed by atoms with E-state index in [0.29, 0.717) is 39.3 Å². The van der Waals surface area contributed by atoms with Crippen LogP contribution in [0.25, 0.3) is 0 Å². The third kappa shape index (κ3) is 8.82. The molecule has 0 bridgehead atoms. The highest BCUT2D eigenvalue weighted by Gasteiger charge is 2.31. The number of hydrogen-bond acceptors (Lipinski definition) is 3. The summed E-state index contributed by atoms with van der Waals surface area (Å²) in [5.41, 5.74) is 1.57. The van der Waals surface area contributed by atoms with Crippen LogP contribution >= 0.6 is 46.4 Å². The van der Waals surface area contributed by atoms with Gasteiger partial charge in [0, 0.05) is 34.6 Å². The minimum absolute atomic E-state index is 0.0885. The fourth-order valence-electron chi connectivity index (χ4n) is 3.71. The molecule has 0 aromatic heterocycles. The fraction of sp³-hybridized carbons (Fsp3) is 0.286. The lowest BCUT2D eigenvalue weighted by Crippen LogP contribution is -2.51. The normalized spacial score (nSPS) is 11.6. The molecular weight excluding hydrogens is 554 g/mol. The van der Waals surface area contributed by atoms with Crippen LogP contribution in [0.5, 0.6) is 5.75 Å². The molecule has 2 amide bonds. The van der Waals surface area contributed by atoms with Gasteiger partial charge in [-0.05, 0) is 47.9 Å². The maximum absolute atomic E-state index is 13.6. The minimum Gasteiger partial charge on any atom is -0.482 e. The summed E-state index contributed by atoms with van der Waals surface area (Å²) in [6, 6.07) is 18.6. The quantitative estimate of drug-likeness (QED) is 0.229. The largest absolute Gasteiger partial charge is 0.482 e. The number of benzene rings is 3. The number of nitrogens with one attached hydrogen (secondary N) is 1. The van der Waals surface area contributed by atoms with Gasteiger partial charge in [0.1, 0.15) is 11.8 Å². The Labute approximate surface area is 237 Å². The van der Waals surface area contributed by atoms with E-state index < -0.39 is 11.9 Å². The molecule has 5 nitrogen and oxygen atoms in total. The van der Waals surface area contributed by atoms with Crippen molar-refractivity contribution in [1.29, 1.82) is 0 Å². The zero-order valence-electron chi connectivity index (χ0n) is 20.4. The number of nitrogens with zero attached hydrogens (tertiary/aromatic N) is 1. The van der Waals surface area contributed by atoms with Crippen molar-refractivity contribution in [3.63, 3.8) is 0 Å². The predicted octanol–water partition coefficient (Wildman–Crippen LogP) is 7.24.